The van der Waals surface area contributed by atoms with Crippen molar-refractivity contribution in [3.05, 3.63) is 60.2 Å². The van der Waals surface area contributed by atoms with E-state index < -0.39 is 12.4 Å². The molecule has 0 bridgehead atoms. The molecule has 1 aliphatic heterocycles. The van der Waals surface area contributed by atoms with Crippen LogP contribution in [0.2, 0.25) is 0 Å². The molecule has 1 fully saturated rings. The number of hydrogen-bond acceptors (Lipinski definition) is 4. The summed E-state index contributed by atoms with van der Waals surface area (Å²) in [6.45, 7) is 4.98. The number of nitrogens with one attached hydrogen (secondary N) is 1. The number of carbonyl (C=O) groups excluding carboxylic acids is 1. The highest BCUT2D eigenvalue weighted by atomic mass is 16.7. The van der Waals surface area contributed by atoms with E-state index in [2.05, 4.69) is 41.7 Å². The Balaban J connectivity index is 1.68. The summed E-state index contributed by atoms with van der Waals surface area (Å²) < 4.78 is 11.2. The highest BCUT2D eigenvalue weighted by Gasteiger charge is 2.30. The molecule has 2 aromatic carbocycles. The van der Waals surface area contributed by atoms with E-state index in [0.717, 1.165) is 16.7 Å². The van der Waals surface area contributed by atoms with E-state index in [4.69, 9.17) is 9.47 Å². The monoisotopic (exact) mass is 383 g/mol. The maximum atomic E-state index is 12.4. The van der Waals surface area contributed by atoms with Crippen LogP contribution in [0.5, 0.6) is 0 Å². The van der Waals surface area contributed by atoms with Crippen LogP contribution in [-0.2, 0) is 20.7 Å². The number of hydrogen-bond donors (Lipinski definition) is 2. The Bertz CT molecular complexity index is 739. The summed E-state index contributed by atoms with van der Waals surface area (Å²) in [5, 5.41) is 13.0. The average molecular weight is 383 g/mol. The molecule has 1 saturated heterocycles. The first-order valence-electron chi connectivity index (χ1n) is 9.89. The fraction of sp³-hybridized carbons (Fsp3) is 0.435. The Hall–Kier alpha value is -2.21. The predicted octanol–water partition coefficient (Wildman–Crippen LogP) is 3.16. The topological polar surface area (TPSA) is 67.8 Å². The van der Waals surface area contributed by atoms with Crippen LogP contribution in [0.15, 0.2) is 54.6 Å². The van der Waals surface area contributed by atoms with Gasteiger partial charge in [-0.3, -0.25) is 4.79 Å². The van der Waals surface area contributed by atoms with E-state index in [1.54, 1.807) is 0 Å². The molecule has 2 N–H and O–H groups in total. The van der Waals surface area contributed by atoms with Crippen LogP contribution in [0.3, 0.4) is 0 Å². The van der Waals surface area contributed by atoms with Gasteiger partial charge in [0.05, 0.1) is 19.3 Å². The van der Waals surface area contributed by atoms with Gasteiger partial charge in [-0.15, -0.1) is 0 Å². The number of amides is 1. The lowest BCUT2D eigenvalue weighted by molar-refractivity contribution is -0.135. The normalized spacial score (nSPS) is 16.9. The molecule has 1 aliphatic rings. The largest absolute Gasteiger partial charge is 0.383 e. The summed E-state index contributed by atoms with van der Waals surface area (Å²) in [6, 6.07) is 18.1. The lowest BCUT2D eigenvalue weighted by atomic mass is 10.00. The second-order valence-electron chi connectivity index (χ2n) is 7.64. The quantitative estimate of drug-likeness (QED) is 0.735. The molecule has 0 spiro atoms. The van der Waals surface area contributed by atoms with E-state index in [-0.39, 0.29) is 17.9 Å². The highest BCUT2D eigenvalue weighted by molar-refractivity contribution is 5.80. The zero-order chi connectivity index (χ0) is 19.9. The minimum absolute atomic E-state index is 0.240. The first-order valence-corrected chi connectivity index (χ1v) is 9.89. The van der Waals surface area contributed by atoms with Crippen LogP contribution in [0.1, 0.15) is 25.8 Å². The fourth-order valence-electron chi connectivity index (χ4n) is 3.37. The van der Waals surface area contributed by atoms with Crippen molar-refractivity contribution in [3.63, 3.8) is 0 Å². The van der Waals surface area contributed by atoms with Crippen LogP contribution >= 0.6 is 0 Å². The number of ether oxygens (including phenoxy) is 2. The number of aliphatic hydroxyl groups is 1. The molecule has 150 valence electrons. The van der Waals surface area contributed by atoms with Gasteiger partial charge in [0, 0.05) is 0 Å². The van der Waals surface area contributed by atoms with Crippen molar-refractivity contribution in [2.75, 3.05) is 13.2 Å². The molecule has 2 unspecified atom stereocenters. The fourth-order valence-corrected chi connectivity index (χ4v) is 3.37. The highest BCUT2D eigenvalue weighted by Crippen LogP contribution is 2.21. The van der Waals surface area contributed by atoms with Gasteiger partial charge in [0.25, 0.3) is 0 Å². The number of benzene rings is 2. The number of aliphatic hydroxyl groups excluding tert-OH is 1. The van der Waals surface area contributed by atoms with Gasteiger partial charge in [-0.1, -0.05) is 68.4 Å². The van der Waals surface area contributed by atoms with Crippen LogP contribution in [-0.4, -0.2) is 42.7 Å². The van der Waals surface area contributed by atoms with Gasteiger partial charge in [0.15, 0.2) is 6.29 Å². The first kappa shape index (κ1) is 20.5. The van der Waals surface area contributed by atoms with E-state index in [0.29, 0.717) is 26.1 Å². The van der Waals surface area contributed by atoms with Gasteiger partial charge in [0.2, 0.25) is 5.91 Å². The van der Waals surface area contributed by atoms with Gasteiger partial charge in [-0.05, 0) is 35.4 Å². The summed E-state index contributed by atoms with van der Waals surface area (Å²) in [5.41, 5.74) is 3.38. The molecule has 0 saturated carbocycles. The summed E-state index contributed by atoms with van der Waals surface area (Å²) in [4.78, 5) is 12.4. The molecular formula is C23H29NO4. The summed E-state index contributed by atoms with van der Waals surface area (Å²) in [7, 11) is 0. The molecule has 1 amide bonds. The molecule has 5 heteroatoms. The SMILES string of the molecule is CC(C)CC(O)C(=O)NC(Cc1ccc(-c2ccccc2)cc1)C1OCCO1. The minimum atomic E-state index is -1.02. The Morgan fingerprint density at radius 3 is 2.25 bits per heavy atom. The number of rotatable bonds is 8. The first-order chi connectivity index (χ1) is 13.5. The molecule has 3 rings (SSSR count). The Morgan fingerprint density at radius 1 is 1.04 bits per heavy atom. The van der Waals surface area contributed by atoms with Crippen molar-refractivity contribution in [1.82, 2.24) is 5.32 Å². The van der Waals surface area contributed by atoms with Crippen molar-refractivity contribution in [2.45, 2.75) is 45.1 Å². The van der Waals surface area contributed by atoms with E-state index in [1.807, 2.05) is 32.0 Å². The molecule has 0 aliphatic carbocycles. The third-order valence-corrected chi connectivity index (χ3v) is 4.82. The maximum Gasteiger partial charge on any atom is 0.249 e. The number of carbonyl (C=O) groups is 1. The molecule has 0 aromatic heterocycles. The van der Waals surface area contributed by atoms with Gasteiger partial charge in [-0.2, -0.15) is 0 Å². The van der Waals surface area contributed by atoms with Crippen LogP contribution in [0.4, 0.5) is 0 Å². The molecule has 0 radical (unpaired) electrons. The van der Waals surface area contributed by atoms with Crippen molar-refractivity contribution in [2.24, 2.45) is 5.92 Å². The van der Waals surface area contributed by atoms with Gasteiger partial charge in [-0.25, -0.2) is 0 Å². The second kappa shape index (κ2) is 9.82. The minimum Gasteiger partial charge on any atom is -0.383 e. The van der Waals surface area contributed by atoms with Crippen LogP contribution in [0.25, 0.3) is 11.1 Å². The Labute approximate surface area is 166 Å². The molecule has 1 heterocycles. The lowest BCUT2D eigenvalue weighted by Crippen LogP contribution is -2.49. The molecular weight excluding hydrogens is 354 g/mol. The van der Waals surface area contributed by atoms with Gasteiger partial charge in [0.1, 0.15) is 6.10 Å². The summed E-state index contributed by atoms with van der Waals surface area (Å²) >= 11 is 0. The van der Waals surface area contributed by atoms with E-state index in [1.165, 1.54) is 0 Å². The zero-order valence-corrected chi connectivity index (χ0v) is 16.5. The van der Waals surface area contributed by atoms with Crippen LogP contribution < -0.4 is 5.32 Å². The van der Waals surface area contributed by atoms with E-state index in [9.17, 15) is 9.90 Å². The maximum absolute atomic E-state index is 12.4. The Kier molecular flexibility index (Phi) is 7.20. The predicted molar refractivity (Wildman–Crippen MR) is 109 cm³/mol. The van der Waals surface area contributed by atoms with Gasteiger partial charge >= 0.3 is 0 Å². The van der Waals surface area contributed by atoms with Crippen molar-refractivity contribution in [3.8, 4) is 11.1 Å². The van der Waals surface area contributed by atoms with E-state index >= 15 is 0 Å². The third-order valence-electron chi connectivity index (χ3n) is 4.82. The molecule has 5 nitrogen and oxygen atoms in total. The molecule has 28 heavy (non-hydrogen) atoms. The Morgan fingerprint density at radius 2 is 1.64 bits per heavy atom. The zero-order valence-electron chi connectivity index (χ0n) is 16.5. The summed E-state index contributed by atoms with van der Waals surface area (Å²) in [6.07, 6.45) is -0.523. The summed E-state index contributed by atoms with van der Waals surface area (Å²) in [5.74, 6) is -0.137. The lowest BCUT2D eigenvalue weighted by Gasteiger charge is -2.25. The van der Waals surface area contributed by atoms with Crippen LogP contribution in [0, 0.1) is 5.92 Å². The second-order valence-corrected chi connectivity index (χ2v) is 7.64. The molecule has 2 atom stereocenters. The average Bonchev–Trinajstić information content (AvgIpc) is 3.23. The smallest absolute Gasteiger partial charge is 0.249 e. The molecule has 2 aromatic rings. The van der Waals surface area contributed by atoms with Gasteiger partial charge < -0.3 is 19.9 Å². The third kappa shape index (κ3) is 5.64. The van der Waals surface area contributed by atoms with Crippen molar-refractivity contribution < 1.29 is 19.4 Å². The van der Waals surface area contributed by atoms with Crippen molar-refractivity contribution >= 4 is 5.91 Å². The standard InChI is InChI=1S/C23H29NO4/c1-16(2)14-21(25)22(26)24-20(23-27-12-13-28-23)15-17-8-10-19(11-9-17)18-6-4-3-5-7-18/h3-11,16,20-21,23,25H,12-15H2,1-2H3,(H,24,26). The van der Waals surface area contributed by atoms with Crippen molar-refractivity contribution in [1.29, 1.82) is 0 Å².